The maximum Gasteiger partial charge on any atom is 0.204 e. The molecule has 2 aliphatic rings. The third kappa shape index (κ3) is 5.41. The Hall–Kier alpha value is -2.93. The maximum atomic E-state index is 10.5. The number of likely N-dealkylation sites (N-methyl/N-ethyl adjacent to an activating group) is 1. The molecule has 0 unspecified atom stereocenters. The zero-order valence-electron chi connectivity index (χ0n) is 19.3. The number of allylic oxidation sites excluding steroid dienone is 1. The number of amidine groups is 1. The molecule has 2 heterocycles. The number of phenolic OH excluding ortho intramolecular Hbond substituents is 1. The summed E-state index contributed by atoms with van der Waals surface area (Å²) in [5.41, 5.74) is 6.63. The fourth-order valence-corrected chi connectivity index (χ4v) is 4.56. The molecule has 0 aliphatic carbocycles. The summed E-state index contributed by atoms with van der Waals surface area (Å²) in [4.78, 5) is 2.01. The van der Waals surface area contributed by atoms with E-state index in [1.165, 1.54) is 0 Å². The molecular weight excluding hydrogens is 390 g/mol. The van der Waals surface area contributed by atoms with Crippen LogP contribution in [0.4, 0.5) is 0 Å². The van der Waals surface area contributed by atoms with Crippen LogP contribution in [0.5, 0.6) is 5.75 Å². The van der Waals surface area contributed by atoms with Crippen molar-refractivity contribution in [2.75, 3.05) is 7.05 Å². The highest BCUT2D eigenvalue weighted by Gasteiger charge is 2.39. The molecule has 6 N–H and O–H groups in total. The summed E-state index contributed by atoms with van der Waals surface area (Å²) in [6.45, 7) is 10.7. The molecule has 1 aromatic carbocycles. The highest BCUT2D eigenvalue weighted by molar-refractivity contribution is 5.91. The second-order valence-corrected chi connectivity index (χ2v) is 9.80. The fourth-order valence-electron chi connectivity index (χ4n) is 4.56. The van der Waals surface area contributed by atoms with E-state index in [-0.39, 0.29) is 22.9 Å². The zero-order valence-corrected chi connectivity index (χ0v) is 19.3. The van der Waals surface area contributed by atoms with Gasteiger partial charge in [-0.2, -0.15) is 0 Å². The minimum absolute atomic E-state index is 0.00726. The van der Waals surface area contributed by atoms with Crippen LogP contribution in [0.3, 0.4) is 0 Å². The van der Waals surface area contributed by atoms with Gasteiger partial charge in [0.2, 0.25) is 5.88 Å². The van der Waals surface area contributed by atoms with Crippen LogP contribution < -0.4 is 26.8 Å². The molecule has 3 rings (SSSR count). The molecule has 0 radical (unpaired) electrons. The lowest BCUT2D eigenvalue weighted by molar-refractivity contribution is 0.114. The van der Waals surface area contributed by atoms with Crippen molar-refractivity contribution in [3.8, 4) is 5.75 Å². The van der Waals surface area contributed by atoms with E-state index in [9.17, 15) is 5.11 Å². The number of ether oxygens (including phenoxy) is 1. The molecule has 0 spiro atoms. The van der Waals surface area contributed by atoms with Crippen molar-refractivity contribution in [2.24, 2.45) is 5.73 Å². The first-order valence-corrected chi connectivity index (χ1v) is 10.6. The van der Waals surface area contributed by atoms with Gasteiger partial charge in [0.25, 0.3) is 0 Å². The van der Waals surface area contributed by atoms with Gasteiger partial charge in [-0.15, -0.1) is 0 Å². The van der Waals surface area contributed by atoms with Gasteiger partial charge in [0, 0.05) is 46.5 Å². The van der Waals surface area contributed by atoms with Crippen molar-refractivity contribution in [1.82, 2.24) is 15.5 Å². The van der Waals surface area contributed by atoms with Gasteiger partial charge in [0.05, 0.1) is 0 Å². The van der Waals surface area contributed by atoms with Gasteiger partial charge in [-0.3, -0.25) is 5.41 Å². The Bertz CT molecular complexity index is 1040. The third-order valence-electron chi connectivity index (χ3n) is 5.76. The van der Waals surface area contributed by atoms with Crippen LogP contribution in [-0.2, 0) is 4.74 Å². The lowest BCUT2D eigenvalue weighted by atomic mass is 9.79. The summed E-state index contributed by atoms with van der Waals surface area (Å²) in [6, 6.07) is 5.45. The van der Waals surface area contributed by atoms with Crippen LogP contribution in [0, 0.1) is 5.41 Å². The normalized spacial score (nSPS) is 23.1. The smallest absolute Gasteiger partial charge is 0.204 e. The lowest BCUT2D eigenvalue weighted by Crippen LogP contribution is -2.62. The second-order valence-electron chi connectivity index (χ2n) is 9.80. The van der Waals surface area contributed by atoms with Crippen LogP contribution in [-0.4, -0.2) is 40.0 Å². The average Bonchev–Trinajstić information content (AvgIpc) is 3.09. The van der Waals surface area contributed by atoms with Crippen LogP contribution >= 0.6 is 0 Å². The molecule has 31 heavy (non-hydrogen) atoms. The number of aromatic hydroxyl groups is 1. The monoisotopic (exact) mass is 425 g/mol. The SMILES string of the molecule is CC1=CNC(=c2ccc(=C(N)C=CC(=N)N(C)C3CC(C)(C)NC(C)(C)C3)c(O)c2)O1. The molecule has 1 aromatic rings. The second kappa shape index (κ2) is 8.30. The summed E-state index contributed by atoms with van der Waals surface area (Å²) in [5, 5.41) is 26.9. The number of nitrogens with one attached hydrogen (secondary N) is 3. The standard InChI is InChI=1S/C24H35N5O2/c1-15-14-27-22(31-15)16-7-8-18(20(30)11-16)19(25)9-10-21(26)29(6)17-12-23(2,3)28-24(4,5)13-17/h7-11,14,17,26-28,30H,12-13,25H2,1-6H3. The summed E-state index contributed by atoms with van der Waals surface area (Å²) in [7, 11) is 1.96. The van der Waals surface area contributed by atoms with Crippen molar-refractivity contribution < 1.29 is 9.84 Å². The van der Waals surface area contributed by atoms with E-state index in [0.29, 0.717) is 22.6 Å². The molecule has 0 atom stereocenters. The molecule has 0 aromatic heterocycles. The number of nitrogens with two attached hydrogens (primary N) is 1. The Balaban J connectivity index is 1.78. The highest BCUT2D eigenvalue weighted by atomic mass is 16.5. The number of rotatable bonds is 3. The molecule has 0 amide bonds. The van der Waals surface area contributed by atoms with Crippen molar-refractivity contribution >= 4 is 17.4 Å². The Morgan fingerprint density at radius 2 is 1.87 bits per heavy atom. The van der Waals surface area contributed by atoms with E-state index in [2.05, 4.69) is 38.3 Å². The first-order chi connectivity index (χ1) is 14.4. The molecular formula is C24H35N5O2. The summed E-state index contributed by atoms with van der Waals surface area (Å²) < 4.78 is 5.56. The largest absolute Gasteiger partial charge is 0.507 e. The van der Waals surface area contributed by atoms with Crippen LogP contribution in [0.25, 0.3) is 11.6 Å². The Morgan fingerprint density at radius 1 is 1.23 bits per heavy atom. The number of phenols is 1. The molecule has 1 fully saturated rings. The van der Waals surface area contributed by atoms with Gasteiger partial charge in [0.15, 0.2) is 0 Å². The summed E-state index contributed by atoms with van der Waals surface area (Å²) >= 11 is 0. The predicted octanol–water partition coefficient (Wildman–Crippen LogP) is 1.78. The van der Waals surface area contributed by atoms with Crippen molar-refractivity contribution in [1.29, 1.82) is 5.41 Å². The summed E-state index contributed by atoms with van der Waals surface area (Å²) in [5.74, 6) is 1.78. The maximum absolute atomic E-state index is 10.5. The molecule has 0 bridgehead atoms. The van der Waals surface area contributed by atoms with E-state index in [1.807, 2.05) is 24.9 Å². The van der Waals surface area contributed by atoms with Gasteiger partial charge in [-0.25, -0.2) is 0 Å². The molecule has 0 saturated carbocycles. The number of nitrogens with zero attached hydrogens (tertiary/aromatic N) is 1. The summed E-state index contributed by atoms with van der Waals surface area (Å²) in [6.07, 6.45) is 7.03. The first-order valence-electron chi connectivity index (χ1n) is 10.6. The fraction of sp³-hybridized carbons (Fsp3) is 0.458. The number of hydrogen-bond acceptors (Lipinski definition) is 6. The molecule has 168 valence electrons. The number of benzene rings is 1. The minimum atomic E-state index is 0.00726. The van der Waals surface area contributed by atoms with Gasteiger partial charge < -0.3 is 31.1 Å². The average molecular weight is 426 g/mol. The topological polar surface area (TPSA) is 107 Å². The van der Waals surface area contributed by atoms with Crippen LogP contribution in [0.2, 0.25) is 0 Å². The van der Waals surface area contributed by atoms with E-state index in [1.54, 1.807) is 30.5 Å². The Morgan fingerprint density at radius 3 is 2.42 bits per heavy atom. The van der Waals surface area contributed by atoms with Crippen molar-refractivity contribution in [3.05, 3.63) is 52.7 Å². The first kappa shape index (κ1) is 22.7. The Kier molecular flexibility index (Phi) is 6.09. The number of hydrogen-bond donors (Lipinski definition) is 5. The van der Waals surface area contributed by atoms with E-state index < -0.39 is 0 Å². The predicted molar refractivity (Wildman–Crippen MR) is 125 cm³/mol. The van der Waals surface area contributed by atoms with Crippen LogP contribution in [0.1, 0.15) is 47.5 Å². The van der Waals surface area contributed by atoms with E-state index in [0.717, 1.165) is 23.8 Å². The molecule has 7 heteroatoms. The van der Waals surface area contributed by atoms with E-state index in [4.69, 9.17) is 15.9 Å². The van der Waals surface area contributed by atoms with Gasteiger partial charge in [0.1, 0.15) is 17.3 Å². The lowest BCUT2D eigenvalue weighted by Gasteiger charge is -2.49. The van der Waals surface area contributed by atoms with Gasteiger partial charge in [-0.05, 0) is 77.8 Å². The third-order valence-corrected chi connectivity index (χ3v) is 5.76. The minimum Gasteiger partial charge on any atom is -0.507 e. The molecule has 2 aliphatic heterocycles. The van der Waals surface area contributed by atoms with Crippen molar-refractivity contribution in [3.63, 3.8) is 0 Å². The Labute approximate surface area is 184 Å². The highest BCUT2D eigenvalue weighted by Crippen LogP contribution is 2.31. The molecule has 1 saturated heterocycles. The molecule has 7 nitrogen and oxygen atoms in total. The zero-order chi connectivity index (χ0) is 23.0. The van der Waals surface area contributed by atoms with Gasteiger partial charge in [-0.1, -0.05) is 0 Å². The number of piperidine rings is 1. The van der Waals surface area contributed by atoms with Crippen molar-refractivity contribution in [2.45, 2.75) is 64.6 Å². The van der Waals surface area contributed by atoms with E-state index >= 15 is 0 Å². The van der Waals surface area contributed by atoms with Gasteiger partial charge >= 0.3 is 0 Å². The van der Waals surface area contributed by atoms with Crippen LogP contribution in [0.15, 0.2) is 42.3 Å². The quantitative estimate of drug-likeness (QED) is 0.373.